The first-order valence-electron chi connectivity index (χ1n) is 6.63. The molecule has 2 rings (SSSR count). The van der Waals surface area contributed by atoms with E-state index in [9.17, 15) is 0 Å². The van der Waals surface area contributed by atoms with Crippen LogP contribution in [0.5, 0.6) is 0 Å². The monoisotopic (exact) mass is 237 g/mol. The Hall–Kier alpha value is -0.940. The molecule has 1 aliphatic rings. The predicted molar refractivity (Wildman–Crippen MR) is 67.6 cm³/mol. The summed E-state index contributed by atoms with van der Waals surface area (Å²) < 4.78 is 1.82. The summed E-state index contributed by atoms with van der Waals surface area (Å²) in [6, 6.07) is 0. The molecule has 1 saturated heterocycles. The van der Waals surface area contributed by atoms with Crippen LogP contribution in [-0.4, -0.2) is 46.1 Å². The van der Waals surface area contributed by atoms with Crippen molar-refractivity contribution < 1.29 is 0 Å². The van der Waals surface area contributed by atoms with Crippen LogP contribution in [0.3, 0.4) is 0 Å². The Bertz CT molecular complexity index is 316. The molecule has 0 atom stereocenters. The Balaban J connectivity index is 1.53. The van der Waals surface area contributed by atoms with Crippen LogP contribution in [0.2, 0.25) is 0 Å². The van der Waals surface area contributed by atoms with E-state index in [-0.39, 0.29) is 0 Å². The topological polar surface area (TPSA) is 46.0 Å². The van der Waals surface area contributed by atoms with Crippen molar-refractivity contribution in [1.29, 1.82) is 0 Å². The minimum atomic E-state index is 0.865. The molecule has 96 valence electrons. The zero-order valence-electron chi connectivity index (χ0n) is 10.7. The van der Waals surface area contributed by atoms with Gasteiger partial charge in [0, 0.05) is 13.6 Å². The lowest BCUT2D eigenvalue weighted by molar-refractivity contribution is 0.225. The van der Waals surface area contributed by atoms with E-state index < -0.39 is 0 Å². The quantitative estimate of drug-likeness (QED) is 0.743. The van der Waals surface area contributed by atoms with Gasteiger partial charge < -0.3 is 10.2 Å². The fourth-order valence-corrected chi connectivity index (χ4v) is 2.30. The van der Waals surface area contributed by atoms with Gasteiger partial charge in [-0.25, -0.2) is 0 Å². The van der Waals surface area contributed by atoms with Crippen LogP contribution in [0.15, 0.2) is 6.20 Å². The molecule has 1 aromatic rings. The fourth-order valence-electron chi connectivity index (χ4n) is 2.30. The second-order valence-corrected chi connectivity index (χ2v) is 4.78. The van der Waals surface area contributed by atoms with Crippen molar-refractivity contribution in [1.82, 2.24) is 25.2 Å². The summed E-state index contributed by atoms with van der Waals surface area (Å²) in [7, 11) is 1.93. The molecule has 1 aromatic heterocycles. The Labute approximate surface area is 103 Å². The lowest BCUT2D eigenvalue weighted by atomic mass is 10.1. The van der Waals surface area contributed by atoms with Crippen molar-refractivity contribution in [2.24, 2.45) is 7.05 Å². The number of likely N-dealkylation sites (tertiary alicyclic amines) is 1. The third kappa shape index (κ3) is 4.09. The zero-order chi connectivity index (χ0) is 11.9. The smallest absolute Gasteiger partial charge is 0.0738 e. The third-order valence-corrected chi connectivity index (χ3v) is 3.39. The summed E-state index contributed by atoms with van der Waals surface area (Å²) in [6.45, 7) is 5.76. The molecule has 0 unspecified atom stereocenters. The molecule has 0 radical (unpaired) electrons. The Morgan fingerprint density at radius 2 is 2.12 bits per heavy atom. The zero-order valence-corrected chi connectivity index (χ0v) is 10.7. The van der Waals surface area contributed by atoms with E-state index in [1.807, 2.05) is 17.9 Å². The van der Waals surface area contributed by atoms with E-state index in [4.69, 9.17) is 0 Å². The highest BCUT2D eigenvalue weighted by atomic mass is 15.4. The molecule has 0 aromatic carbocycles. The van der Waals surface area contributed by atoms with Crippen LogP contribution < -0.4 is 5.32 Å². The van der Waals surface area contributed by atoms with E-state index in [0.717, 1.165) is 18.8 Å². The third-order valence-electron chi connectivity index (χ3n) is 3.39. The molecular weight excluding hydrogens is 214 g/mol. The molecular formula is C12H23N5. The molecule has 1 fully saturated rings. The van der Waals surface area contributed by atoms with Gasteiger partial charge in [0.1, 0.15) is 0 Å². The molecule has 1 N–H and O–H groups in total. The van der Waals surface area contributed by atoms with Crippen molar-refractivity contribution in [3.05, 3.63) is 11.9 Å². The number of hydrogen-bond acceptors (Lipinski definition) is 4. The van der Waals surface area contributed by atoms with E-state index in [0.29, 0.717) is 0 Å². The van der Waals surface area contributed by atoms with Gasteiger partial charge in [-0.05, 0) is 45.4 Å². The van der Waals surface area contributed by atoms with E-state index in [1.54, 1.807) is 0 Å². The standard InChI is InChI=1S/C12H23N5/c1-16-12(11-14-15-16)10-13-6-5-9-17-7-3-2-4-8-17/h11,13H,2-10H2,1H3. The molecule has 1 aliphatic heterocycles. The Morgan fingerprint density at radius 1 is 1.29 bits per heavy atom. The van der Waals surface area contributed by atoms with Crippen molar-refractivity contribution in [3.8, 4) is 0 Å². The number of aromatic nitrogens is 3. The molecule has 5 nitrogen and oxygen atoms in total. The number of piperidine rings is 1. The van der Waals surface area contributed by atoms with Gasteiger partial charge in [-0.3, -0.25) is 4.68 Å². The average molecular weight is 237 g/mol. The van der Waals surface area contributed by atoms with Gasteiger partial charge in [0.15, 0.2) is 0 Å². The lowest BCUT2D eigenvalue weighted by Gasteiger charge is -2.26. The van der Waals surface area contributed by atoms with Crippen LogP contribution in [-0.2, 0) is 13.6 Å². The van der Waals surface area contributed by atoms with E-state index in [2.05, 4.69) is 20.5 Å². The van der Waals surface area contributed by atoms with Gasteiger partial charge in [-0.1, -0.05) is 11.6 Å². The maximum Gasteiger partial charge on any atom is 0.0738 e. The molecule has 2 heterocycles. The van der Waals surface area contributed by atoms with Crippen molar-refractivity contribution in [2.75, 3.05) is 26.2 Å². The van der Waals surface area contributed by atoms with E-state index >= 15 is 0 Å². The number of rotatable bonds is 6. The van der Waals surface area contributed by atoms with Crippen LogP contribution in [0.25, 0.3) is 0 Å². The molecule has 17 heavy (non-hydrogen) atoms. The average Bonchev–Trinajstić information content (AvgIpc) is 2.76. The maximum absolute atomic E-state index is 3.91. The molecule has 0 amide bonds. The minimum Gasteiger partial charge on any atom is -0.311 e. The first kappa shape index (κ1) is 12.5. The molecule has 0 bridgehead atoms. The summed E-state index contributed by atoms with van der Waals surface area (Å²) >= 11 is 0. The molecule has 0 aliphatic carbocycles. The first-order chi connectivity index (χ1) is 8.36. The normalized spacial score (nSPS) is 17.5. The van der Waals surface area contributed by atoms with Crippen LogP contribution in [0.4, 0.5) is 0 Å². The van der Waals surface area contributed by atoms with E-state index in [1.165, 1.54) is 45.3 Å². The van der Waals surface area contributed by atoms with Gasteiger partial charge in [-0.15, -0.1) is 5.10 Å². The number of hydrogen-bond donors (Lipinski definition) is 1. The highest BCUT2D eigenvalue weighted by Gasteiger charge is 2.08. The van der Waals surface area contributed by atoms with Crippen molar-refractivity contribution in [2.45, 2.75) is 32.2 Å². The summed E-state index contributed by atoms with van der Waals surface area (Å²) in [6.07, 6.45) is 7.23. The van der Waals surface area contributed by atoms with Crippen molar-refractivity contribution >= 4 is 0 Å². The Kier molecular flexibility index (Phi) is 4.94. The predicted octanol–water partition coefficient (Wildman–Crippen LogP) is 0.781. The van der Waals surface area contributed by atoms with Gasteiger partial charge in [-0.2, -0.15) is 0 Å². The highest BCUT2D eigenvalue weighted by molar-refractivity contribution is 4.91. The summed E-state index contributed by atoms with van der Waals surface area (Å²) in [5.74, 6) is 0. The number of aryl methyl sites for hydroxylation is 1. The van der Waals surface area contributed by atoms with Crippen LogP contribution in [0.1, 0.15) is 31.4 Å². The van der Waals surface area contributed by atoms with Gasteiger partial charge in [0.2, 0.25) is 0 Å². The van der Waals surface area contributed by atoms with Gasteiger partial charge >= 0.3 is 0 Å². The van der Waals surface area contributed by atoms with Crippen LogP contribution >= 0.6 is 0 Å². The second-order valence-electron chi connectivity index (χ2n) is 4.78. The summed E-state index contributed by atoms with van der Waals surface area (Å²) in [4.78, 5) is 2.58. The summed E-state index contributed by atoms with van der Waals surface area (Å²) in [5.41, 5.74) is 1.14. The lowest BCUT2D eigenvalue weighted by Crippen LogP contribution is -2.32. The fraction of sp³-hybridized carbons (Fsp3) is 0.833. The number of nitrogens with zero attached hydrogens (tertiary/aromatic N) is 4. The number of nitrogens with one attached hydrogen (secondary N) is 1. The minimum absolute atomic E-state index is 0.865. The van der Waals surface area contributed by atoms with Gasteiger partial charge in [0.25, 0.3) is 0 Å². The Morgan fingerprint density at radius 3 is 2.82 bits per heavy atom. The first-order valence-corrected chi connectivity index (χ1v) is 6.63. The molecule has 5 heteroatoms. The SMILES string of the molecule is Cn1nncc1CNCCCN1CCCCC1. The molecule has 0 saturated carbocycles. The van der Waals surface area contributed by atoms with Gasteiger partial charge in [0.05, 0.1) is 11.9 Å². The highest BCUT2D eigenvalue weighted by Crippen LogP contribution is 2.08. The largest absolute Gasteiger partial charge is 0.311 e. The van der Waals surface area contributed by atoms with Crippen LogP contribution in [0, 0.1) is 0 Å². The maximum atomic E-state index is 3.91. The van der Waals surface area contributed by atoms with Crippen molar-refractivity contribution in [3.63, 3.8) is 0 Å². The second kappa shape index (κ2) is 6.71. The molecule has 0 spiro atoms. The summed E-state index contributed by atoms with van der Waals surface area (Å²) in [5, 5.41) is 11.2.